The third-order valence-electron chi connectivity index (χ3n) is 9.85. The normalized spacial score (nSPS) is 11.5. The zero-order valence-corrected chi connectivity index (χ0v) is 27.6. The lowest BCUT2D eigenvalue weighted by Gasteiger charge is -2.12. The van der Waals surface area contributed by atoms with Gasteiger partial charge in [0.25, 0.3) is 0 Å². The number of hydrogen-bond donors (Lipinski definition) is 0. The molecule has 10 rings (SSSR count). The third kappa shape index (κ3) is 4.96. The Balaban J connectivity index is 1.25. The van der Waals surface area contributed by atoms with Crippen LogP contribution in [0.5, 0.6) is 0 Å². The van der Waals surface area contributed by atoms with E-state index in [9.17, 15) is 0 Å². The van der Waals surface area contributed by atoms with Crippen molar-refractivity contribution in [3.8, 4) is 51.0 Å². The number of fused-ring (bicyclic) bond motifs is 7. The Labute approximate surface area is 295 Å². The average Bonchev–Trinajstić information content (AvgIpc) is 3.57. The minimum Gasteiger partial charge on any atom is -0.278 e. The quantitative estimate of drug-likeness (QED) is 0.186. The predicted octanol–water partition coefficient (Wildman–Crippen LogP) is 11.9. The second-order valence-corrected chi connectivity index (χ2v) is 12.9. The second kappa shape index (κ2) is 11.9. The van der Waals surface area contributed by atoms with Crippen molar-refractivity contribution in [1.29, 1.82) is 0 Å². The van der Waals surface area contributed by atoms with E-state index in [1.54, 1.807) is 0 Å². The van der Waals surface area contributed by atoms with Crippen molar-refractivity contribution in [3.05, 3.63) is 182 Å². The van der Waals surface area contributed by atoms with E-state index in [2.05, 4.69) is 174 Å². The van der Waals surface area contributed by atoms with Crippen molar-refractivity contribution in [1.82, 2.24) is 19.5 Å². The van der Waals surface area contributed by atoms with Crippen molar-refractivity contribution < 1.29 is 0 Å². The van der Waals surface area contributed by atoms with Gasteiger partial charge in [0.2, 0.25) is 5.95 Å². The highest BCUT2D eigenvalue weighted by atomic mass is 15.2. The molecule has 0 unspecified atom stereocenters. The van der Waals surface area contributed by atoms with Crippen LogP contribution in [0.2, 0.25) is 0 Å². The zero-order valence-electron chi connectivity index (χ0n) is 27.6. The van der Waals surface area contributed by atoms with E-state index in [0.717, 1.165) is 38.9 Å². The molecule has 10 aromatic rings. The van der Waals surface area contributed by atoms with Gasteiger partial charge in [0.15, 0.2) is 11.6 Å². The summed E-state index contributed by atoms with van der Waals surface area (Å²) in [7, 11) is 0. The van der Waals surface area contributed by atoms with Gasteiger partial charge in [-0.25, -0.2) is 4.98 Å². The summed E-state index contributed by atoms with van der Waals surface area (Å²) in [5.74, 6) is 1.82. The predicted molar refractivity (Wildman–Crippen MR) is 211 cm³/mol. The van der Waals surface area contributed by atoms with Gasteiger partial charge in [-0.3, -0.25) is 4.57 Å². The fourth-order valence-corrected chi connectivity index (χ4v) is 7.40. The molecule has 0 bridgehead atoms. The minimum absolute atomic E-state index is 0.581. The van der Waals surface area contributed by atoms with Gasteiger partial charge in [0, 0.05) is 21.9 Å². The van der Waals surface area contributed by atoms with Crippen LogP contribution in [0.15, 0.2) is 182 Å². The van der Waals surface area contributed by atoms with E-state index < -0.39 is 0 Å². The van der Waals surface area contributed by atoms with E-state index in [1.807, 2.05) is 12.1 Å². The van der Waals surface area contributed by atoms with E-state index >= 15 is 0 Å². The largest absolute Gasteiger partial charge is 0.278 e. The van der Waals surface area contributed by atoms with Gasteiger partial charge in [0.05, 0.1) is 11.0 Å². The Morgan fingerprint density at radius 1 is 0.314 bits per heavy atom. The highest BCUT2D eigenvalue weighted by Crippen LogP contribution is 2.40. The molecule has 0 atom stereocenters. The van der Waals surface area contributed by atoms with Crippen LogP contribution in [-0.4, -0.2) is 19.5 Å². The van der Waals surface area contributed by atoms with Gasteiger partial charge >= 0.3 is 0 Å². The van der Waals surface area contributed by atoms with E-state index in [0.29, 0.717) is 17.6 Å². The molecule has 0 saturated heterocycles. The van der Waals surface area contributed by atoms with Crippen LogP contribution >= 0.6 is 0 Å². The smallest absolute Gasteiger partial charge is 0.238 e. The lowest BCUT2D eigenvalue weighted by molar-refractivity contribution is 0.954. The first-order valence-electron chi connectivity index (χ1n) is 17.2. The van der Waals surface area contributed by atoms with Crippen molar-refractivity contribution in [2.75, 3.05) is 0 Å². The van der Waals surface area contributed by atoms with Gasteiger partial charge in [-0.05, 0) is 62.0 Å². The topological polar surface area (TPSA) is 43.6 Å². The highest BCUT2D eigenvalue weighted by molar-refractivity contribution is 6.28. The lowest BCUT2D eigenvalue weighted by atomic mass is 10.00. The fourth-order valence-electron chi connectivity index (χ4n) is 7.40. The van der Waals surface area contributed by atoms with Crippen LogP contribution in [0.25, 0.3) is 94.3 Å². The Bertz CT molecular complexity index is 2800. The molecular formula is C47H30N4. The molecule has 8 aromatic carbocycles. The number of aromatic nitrogens is 4. The summed E-state index contributed by atoms with van der Waals surface area (Å²) < 4.78 is 2.22. The maximum atomic E-state index is 5.27. The van der Waals surface area contributed by atoms with Crippen molar-refractivity contribution in [3.63, 3.8) is 0 Å². The van der Waals surface area contributed by atoms with Crippen LogP contribution in [0, 0.1) is 0 Å². The second-order valence-electron chi connectivity index (χ2n) is 12.9. The Kier molecular flexibility index (Phi) is 6.78. The monoisotopic (exact) mass is 650 g/mol. The molecule has 0 spiro atoms. The number of nitrogens with zero attached hydrogens (tertiary/aromatic N) is 4. The Hall–Kier alpha value is -6.91. The summed E-state index contributed by atoms with van der Waals surface area (Å²) in [6.45, 7) is 0. The van der Waals surface area contributed by atoms with Gasteiger partial charge in [-0.1, -0.05) is 164 Å². The molecule has 0 fully saturated rings. The number of benzene rings is 8. The molecule has 0 aliphatic rings. The first kappa shape index (κ1) is 29.0. The summed E-state index contributed by atoms with van der Waals surface area (Å²) in [5.41, 5.74) is 8.54. The van der Waals surface area contributed by atoms with Crippen molar-refractivity contribution >= 4 is 43.4 Å². The molecular weight excluding hydrogens is 621 g/mol. The summed E-state index contributed by atoms with van der Waals surface area (Å²) in [6, 6.07) is 63.9. The summed E-state index contributed by atoms with van der Waals surface area (Å²) in [4.78, 5) is 15.7. The molecule has 2 aromatic heterocycles. The molecule has 0 aliphatic carbocycles. The average molecular weight is 651 g/mol. The fraction of sp³-hybridized carbons (Fsp3) is 0. The van der Waals surface area contributed by atoms with Crippen LogP contribution in [-0.2, 0) is 0 Å². The molecule has 4 nitrogen and oxygen atoms in total. The van der Waals surface area contributed by atoms with Crippen LogP contribution < -0.4 is 0 Å². The standard InChI is InChI=1S/C47H30N4/c1-3-12-31(13-4-1)33-22-24-36(25-23-33)45-48-46(38-19-11-18-37(30-38)32-14-5-2-6-15-32)50-47(49-45)51-41-28-26-34-16-7-9-20-39(34)43(41)44-40-21-10-8-17-35(40)27-29-42(44)51/h1-30H. The Morgan fingerprint density at radius 3 is 1.37 bits per heavy atom. The van der Waals surface area contributed by atoms with Crippen molar-refractivity contribution in [2.24, 2.45) is 0 Å². The van der Waals surface area contributed by atoms with E-state index in [4.69, 9.17) is 15.0 Å². The van der Waals surface area contributed by atoms with Gasteiger partial charge in [0.1, 0.15) is 0 Å². The zero-order chi connectivity index (χ0) is 33.7. The molecule has 51 heavy (non-hydrogen) atoms. The van der Waals surface area contributed by atoms with E-state index in [-0.39, 0.29) is 0 Å². The van der Waals surface area contributed by atoms with Crippen LogP contribution in [0.1, 0.15) is 0 Å². The molecule has 4 heteroatoms. The molecule has 238 valence electrons. The van der Waals surface area contributed by atoms with Crippen molar-refractivity contribution in [2.45, 2.75) is 0 Å². The van der Waals surface area contributed by atoms with Crippen LogP contribution in [0.3, 0.4) is 0 Å². The first-order valence-corrected chi connectivity index (χ1v) is 17.2. The Morgan fingerprint density at radius 2 is 0.765 bits per heavy atom. The molecule has 0 amide bonds. The maximum absolute atomic E-state index is 5.27. The third-order valence-corrected chi connectivity index (χ3v) is 9.85. The summed E-state index contributed by atoms with van der Waals surface area (Å²) in [5, 5.41) is 7.20. The summed E-state index contributed by atoms with van der Waals surface area (Å²) in [6.07, 6.45) is 0. The lowest BCUT2D eigenvalue weighted by Crippen LogP contribution is -2.06. The number of rotatable bonds is 5. The van der Waals surface area contributed by atoms with Gasteiger partial charge in [-0.2, -0.15) is 9.97 Å². The van der Waals surface area contributed by atoms with Crippen LogP contribution in [0.4, 0.5) is 0 Å². The SMILES string of the molecule is c1ccc(-c2ccc(-c3nc(-c4cccc(-c5ccccc5)c4)nc(-n4c5ccc6ccccc6c5c5c6ccccc6ccc54)n3)cc2)cc1. The molecule has 0 saturated carbocycles. The van der Waals surface area contributed by atoms with E-state index in [1.165, 1.54) is 37.9 Å². The van der Waals surface area contributed by atoms with Gasteiger partial charge < -0.3 is 0 Å². The molecule has 0 aliphatic heterocycles. The first-order chi connectivity index (χ1) is 25.3. The van der Waals surface area contributed by atoms with Gasteiger partial charge in [-0.15, -0.1) is 0 Å². The maximum Gasteiger partial charge on any atom is 0.238 e. The summed E-state index contributed by atoms with van der Waals surface area (Å²) >= 11 is 0. The molecule has 2 heterocycles. The number of hydrogen-bond acceptors (Lipinski definition) is 3. The molecule has 0 N–H and O–H groups in total. The molecule has 0 radical (unpaired) electrons. The minimum atomic E-state index is 0.581. The highest BCUT2D eigenvalue weighted by Gasteiger charge is 2.21.